The highest BCUT2D eigenvalue weighted by molar-refractivity contribution is 7.09. The Morgan fingerprint density at radius 3 is 2.57 bits per heavy atom. The molecule has 0 aromatic carbocycles. The molecule has 1 N–H and O–H groups in total. The molecular weight excluding hydrogens is 288 g/mol. The molecule has 1 aliphatic heterocycles. The van der Waals surface area contributed by atoms with Crippen molar-refractivity contribution in [3.05, 3.63) is 16.1 Å². The number of aryl methyl sites for hydroxylation is 1. The van der Waals surface area contributed by atoms with Gasteiger partial charge in [-0.25, -0.2) is 9.78 Å². The van der Waals surface area contributed by atoms with E-state index in [4.69, 9.17) is 4.74 Å². The second-order valence-corrected chi connectivity index (χ2v) is 7.69. The van der Waals surface area contributed by atoms with Crippen molar-refractivity contribution in [2.24, 2.45) is 0 Å². The summed E-state index contributed by atoms with van der Waals surface area (Å²) in [5.41, 5.74) is -0.253. The lowest BCUT2D eigenvalue weighted by molar-refractivity contribution is -0.0315. The van der Waals surface area contributed by atoms with Crippen molar-refractivity contribution in [3.8, 4) is 0 Å². The maximum atomic E-state index is 12.0. The van der Waals surface area contributed by atoms with E-state index in [1.807, 2.05) is 33.1 Å². The number of likely N-dealkylation sites (tertiary alicyclic amines) is 1. The third-order valence-corrected chi connectivity index (χ3v) is 4.46. The minimum Gasteiger partial charge on any atom is -0.444 e. The minimum absolute atomic E-state index is 0.297. The normalized spacial score (nSPS) is 18.6. The van der Waals surface area contributed by atoms with E-state index >= 15 is 0 Å². The summed E-state index contributed by atoms with van der Waals surface area (Å²) < 4.78 is 5.36. The molecule has 118 valence electrons. The molecule has 1 aliphatic rings. The summed E-state index contributed by atoms with van der Waals surface area (Å²) in [6.07, 6.45) is 1.39. The van der Waals surface area contributed by atoms with Gasteiger partial charge in [0.05, 0.1) is 10.6 Å². The smallest absolute Gasteiger partial charge is 0.410 e. The number of carbonyl (C=O) groups excluding carboxylic acids is 1. The molecule has 0 radical (unpaired) electrons. The fraction of sp³-hybridized carbons (Fsp3) is 0.733. The van der Waals surface area contributed by atoms with Gasteiger partial charge in [0.15, 0.2) is 0 Å². The molecule has 0 bridgehead atoms. The average molecular weight is 312 g/mol. The Kier molecular flexibility index (Phi) is 4.58. The number of aliphatic hydroxyl groups is 1. The van der Waals surface area contributed by atoms with Crippen LogP contribution in [0, 0.1) is 6.92 Å². The Hall–Kier alpha value is -1.14. The van der Waals surface area contributed by atoms with Crippen molar-refractivity contribution in [2.45, 2.75) is 58.2 Å². The molecule has 2 rings (SSSR count). The predicted octanol–water partition coefficient (Wildman–Crippen LogP) is 2.76. The number of amides is 1. The second kappa shape index (κ2) is 5.93. The molecule has 1 amide bonds. The molecule has 21 heavy (non-hydrogen) atoms. The first-order valence-corrected chi connectivity index (χ1v) is 8.16. The van der Waals surface area contributed by atoms with E-state index in [1.165, 1.54) is 0 Å². The van der Waals surface area contributed by atoms with Gasteiger partial charge in [-0.2, -0.15) is 0 Å². The highest BCUT2D eigenvalue weighted by Gasteiger charge is 2.36. The zero-order valence-electron chi connectivity index (χ0n) is 13.2. The van der Waals surface area contributed by atoms with Crippen molar-refractivity contribution >= 4 is 17.4 Å². The third-order valence-electron chi connectivity index (χ3n) is 3.49. The summed E-state index contributed by atoms with van der Waals surface area (Å²) in [7, 11) is 0. The van der Waals surface area contributed by atoms with Gasteiger partial charge in [0, 0.05) is 30.6 Å². The maximum Gasteiger partial charge on any atom is 0.410 e. The van der Waals surface area contributed by atoms with Crippen molar-refractivity contribution in [2.75, 3.05) is 13.1 Å². The first kappa shape index (κ1) is 16.2. The van der Waals surface area contributed by atoms with Crippen molar-refractivity contribution in [3.63, 3.8) is 0 Å². The van der Waals surface area contributed by atoms with Crippen LogP contribution in [0.1, 0.15) is 44.3 Å². The molecule has 0 saturated carbocycles. The van der Waals surface area contributed by atoms with E-state index in [0.29, 0.717) is 32.4 Å². The van der Waals surface area contributed by atoms with Crippen LogP contribution in [0.4, 0.5) is 4.79 Å². The summed E-state index contributed by atoms with van der Waals surface area (Å²) in [6.45, 7) is 8.57. The Labute approximate surface area is 129 Å². The average Bonchev–Trinajstić information content (AvgIpc) is 2.72. The number of carbonyl (C=O) groups is 1. The first-order chi connectivity index (χ1) is 9.67. The quantitative estimate of drug-likeness (QED) is 0.912. The highest BCUT2D eigenvalue weighted by atomic mass is 32.1. The van der Waals surface area contributed by atoms with Crippen LogP contribution in [0.5, 0.6) is 0 Å². The van der Waals surface area contributed by atoms with Crippen LogP contribution in [-0.4, -0.2) is 45.4 Å². The van der Waals surface area contributed by atoms with Gasteiger partial charge in [-0.3, -0.25) is 0 Å². The molecule has 2 heterocycles. The lowest BCUT2D eigenvalue weighted by atomic mass is 9.88. The Bertz CT molecular complexity index is 499. The van der Waals surface area contributed by atoms with Crippen molar-refractivity contribution in [1.82, 2.24) is 9.88 Å². The van der Waals surface area contributed by atoms with Crippen LogP contribution in [0.15, 0.2) is 5.38 Å². The first-order valence-electron chi connectivity index (χ1n) is 7.28. The third kappa shape index (κ3) is 4.68. The van der Waals surface area contributed by atoms with Crippen LogP contribution >= 0.6 is 11.3 Å². The van der Waals surface area contributed by atoms with Crippen LogP contribution in [0.2, 0.25) is 0 Å². The van der Waals surface area contributed by atoms with E-state index in [-0.39, 0.29) is 6.09 Å². The molecular formula is C15H24N2O3S. The van der Waals surface area contributed by atoms with Gasteiger partial charge in [-0.1, -0.05) is 0 Å². The van der Waals surface area contributed by atoms with E-state index in [0.717, 1.165) is 10.7 Å². The van der Waals surface area contributed by atoms with Gasteiger partial charge in [0.2, 0.25) is 0 Å². The molecule has 1 fully saturated rings. The molecule has 1 aromatic rings. The summed E-state index contributed by atoms with van der Waals surface area (Å²) in [5, 5.41) is 13.6. The van der Waals surface area contributed by atoms with Crippen LogP contribution < -0.4 is 0 Å². The van der Waals surface area contributed by atoms with Gasteiger partial charge in [-0.05, 0) is 40.5 Å². The van der Waals surface area contributed by atoms with Crippen molar-refractivity contribution in [1.29, 1.82) is 0 Å². The van der Waals surface area contributed by atoms with Crippen LogP contribution in [0.25, 0.3) is 0 Å². The lowest BCUT2D eigenvalue weighted by Crippen LogP contribution is -2.49. The van der Waals surface area contributed by atoms with Gasteiger partial charge in [-0.15, -0.1) is 11.3 Å². The fourth-order valence-electron chi connectivity index (χ4n) is 2.37. The second-order valence-electron chi connectivity index (χ2n) is 6.75. The monoisotopic (exact) mass is 312 g/mol. The Morgan fingerprint density at radius 2 is 2.10 bits per heavy atom. The molecule has 6 heteroatoms. The van der Waals surface area contributed by atoms with Gasteiger partial charge in [0.25, 0.3) is 0 Å². The van der Waals surface area contributed by atoms with E-state index in [2.05, 4.69) is 4.98 Å². The SMILES string of the molecule is Cc1csc(CC2(O)CCN(C(=O)OC(C)(C)C)CC2)n1. The van der Waals surface area contributed by atoms with Crippen LogP contribution in [0.3, 0.4) is 0 Å². The van der Waals surface area contributed by atoms with Crippen molar-refractivity contribution < 1.29 is 14.6 Å². The number of rotatable bonds is 2. The largest absolute Gasteiger partial charge is 0.444 e. The number of piperidine rings is 1. The maximum absolute atomic E-state index is 12.0. The van der Waals surface area contributed by atoms with Gasteiger partial charge in [0.1, 0.15) is 5.60 Å². The van der Waals surface area contributed by atoms with Crippen LogP contribution in [-0.2, 0) is 11.2 Å². The molecule has 0 aliphatic carbocycles. The highest BCUT2D eigenvalue weighted by Crippen LogP contribution is 2.28. The number of nitrogens with zero attached hydrogens (tertiary/aromatic N) is 2. The number of hydrogen-bond donors (Lipinski definition) is 1. The van der Waals surface area contributed by atoms with E-state index < -0.39 is 11.2 Å². The minimum atomic E-state index is -0.761. The molecule has 0 atom stereocenters. The van der Waals surface area contributed by atoms with Gasteiger partial charge >= 0.3 is 6.09 Å². The van der Waals surface area contributed by atoms with E-state index in [1.54, 1.807) is 16.2 Å². The lowest BCUT2D eigenvalue weighted by Gasteiger charge is -2.38. The number of aromatic nitrogens is 1. The number of hydrogen-bond acceptors (Lipinski definition) is 5. The summed E-state index contributed by atoms with van der Waals surface area (Å²) in [6, 6.07) is 0. The topological polar surface area (TPSA) is 62.7 Å². The zero-order valence-corrected chi connectivity index (χ0v) is 14.0. The number of thiazole rings is 1. The Balaban J connectivity index is 1.88. The van der Waals surface area contributed by atoms with E-state index in [9.17, 15) is 9.90 Å². The number of ether oxygens (including phenoxy) is 1. The molecule has 1 aromatic heterocycles. The standard InChI is InChI=1S/C15H24N2O3S/c1-11-10-21-12(16-11)9-15(19)5-7-17(8-6-15)13(18)20-14(2,3)4/h10,19H,5-9H2,1-4H3. The Morgan fingerprint density at radius 1 is 1.48 bits per heavy atom. The predicted molar refractivity (Wildman–Crippen MR) is 82.5 cm³/mol. The summed E-state index contributed by atoms with van der Waals surface area (Å²) >= 11 is 1.58. The molecule has 0 spiro atoms. The van der Waals surface area contributed by atoms with Gasteiger partial charge < -0.3 is 14.7 Å². The zero-order chi connectivity index (χ0) is 15.7. The summed E-state index contributed by atoms with van der Waals surface area (Å²) in [4.78, 5) is 18.1. The fourth-order valence-corrected chi connectivity index (χ4v) is 3.28. The summed E-state index contributed by atoms with van der Waals surface area (Å²) in [5.74, 6) is 0. The molecule has 1 saturated heterocycles. The molecule has 5 nitrogen and oxygen atoms in total. The molecule has 0 unspecified atom stereocenters.